The molecule has 4 rings (SSSR count). The van der Waals surface area contributed by atoms with Crippen molar-refractivity contribution < 1.29 is 12.9 Å². The fraction of sp³-hybridized carbons (Fsp3) is 0.174. The summed E-state index contributed by atoms with van der Waals surface area (Å²) < 4.78 is 30.1. The molecule has 0 atom stereocenters. The van der Waals surface area contributed by atoms with Crippen molar-refractivity contribution in [3.8, 4) is 34.0 Å². The van der Waals surface area contributed by atoms with Gasteiger partial charge >= 0.3 is 0 Å². The van der Waals surface area contributed by atoms with Crippen LogP contribution in [0.4, 0.5) is 0 Å². The number of nitrogens with zero attached hydrogens (tertiary/aromatic N) is 3. The van der Waals surface area contributed by atoms with Crippen molar-refractivity contribution in [2.75, 3.05) is 0 Å². The number of hydrogen-bond acceptors (Lipinski definition) is 7. The van der Waals surface area contributed by atoms with Crippen molar-refractivity contribution in [2.24, 2.45) is 5.73 Å². The number of aromatic nitrogens is 3. The third kappa shape index (κ3) is 4.26. The van der Waals surface area contributed by atoms with Crippen molar-refractivity contribution in [1.29, 1.82) is 0 Å². The van der Waals surface area contributed by atoms with Gasteiger partial charge in [0.25, 0.3) is 0 Å². The maximum Gasteiger partial charge on any atom is 0.187 e. The van der Waals surface area contributed by atoms with Crippen LogP contribution in [-0.2, 0) is 16.4 Å². The van der Waals surface area contributed by atoms with E-state index in [-0.39, 0.29) is 4.90 Å². The summed E-state index contributed by atoms with van der Waals surface area (Å²) in [6.45, 7) is 3.81. The summed E-state index contributed by atoms with van der Waals surface area (Å²) in [5.41, 5.74) is 10.2. The second-order valence-electron chi connectivity index (χ2n) is 7.39. The van der Waals surface area contributed by atoms with E-state index in [1.807, 2.05) is 30.3 Å². The summed E-state index contributed by atoms with van der Waals surface area (Å²) in [7, 11) is -3.32. The third-order valence-corrected chi connectivity index (χ3v) is 7.15. The van der Waals surface area contributed by atoms with Gasteiger partial charge in [-0.15, -0.1) is 0 Å². The Morgan fingerprint density at radius 3 is 2.16 bits per heavy atom. The Balaban J connectivity index is 1.61. The molecule has 2 heterocycles. The number of hydrogen-bond donors (Lipinski definition) is 1. The van der Waals surface area contributed by atoms with E-state index in [2.05, 4.69) is 15.1 Å². The highest BCUT2D eigenvalue weighted by Crippen LogP contribution is 2.27. The second-order valence-corrected chi connectivity index (χ2v) is 9.89. The topological polar surface area (TPSA) is 112 Å². The first-order chi connectivity index (χ1) is 14.9. The normalized spacial score (nSPS) is 11.7. The minimum Gasteiger partial charge on any atom is -0.354 e. The lowest BCUT2D eigenvalue weighted by Gasteiger charge is -2.08. The molecular weight excluding hydrogens is 412 g/mol. The van der Waals surface area contributed by atoms with Gasteiger partial charge in [0.2, 0.25) is 0 Å². The van der Waals surface area contributed by atoms with Crippen molar-refractivity contribution in [1.82, 2.24) is 15.1 Å². The van der Waals surface area contributed by atoms with Crippen LogP contribution in [0, 0.1) is 0 Å². The smallest absolute Gasteiger partial charge is 0.187 e. The minimum atomic E-state index is -3.32. The molecule has 0 aliphatic rings. The molecule has 2 aromatic carbocycles. The molecule has 0 spiro atoms. The molecule has 0 amide bonds. The minimum absolute atomic E-state index is 0.288. The van der Waals surface area contributed by atoms with Crippen LogP contribution in [-0.4, -0.2) is 28.8 Å². The zero-order valence-electron chi connectivity index (χ0n) is 17.2. The van der Waals surface area contributed by atoms with Gasteiger partial charge in [0.15, 0.2) is 15.6 Å². The molecule has 0 saturated carbocycles. The molecule has 158 valence electrons. The first-order valence-corrected chi connectivity index (χ1v) is 11.4. The van der Waals surface area contributed by atoms with Gasteiger partial charge in [-0.2, -0.15) is 0 Å². The zero-order chi connectivity index (χ0) is 22.0. The number of nitrogens with two attached hydrogens (primary N) is 1. The van der Waals surface area contributed by atoms with Crippen molar-refractivity contribution in [2.45, 2.75) is 30.5 Å². The van der Waals surface area contributed by atoms with Crippen molar-refractivity contribution >= 4 is 9.84 Å². The van der Waals surface area contributed by atoms with E-state index in [4.69, 9.17) is 10.3 Å². The molecule has 31 heavy (non-hydrogen) atoms. The Kier molecular flexibility index (Phi) is 5.67. The van der Waals surface area contributed by atoms with Crippen LogP contribution >= 0.6 is 0 Å². The average molecular weight is 435 g/mol. The molecule has 8 heteroatoms. The largest absolute Gasteiger partial charge is 0.354 e. The standard InChI is InChI=1S/C23H22N4O3S/c1-15(2)31(28,29)19-9-7-18(8-10-19)21-13-25-14-22(26-21)23-11-20(27-30-23)17-5-3-16(12-24)4-6-17/h3-11,13-15H,12,24H2,1-2H3. The van der Waals surface area contributed by atoms with Crippen LogP contribution < -0.4 is 5.73 Å². The molecule has 0 bridgehead atoms. The van der Waals surface area contributed by atoms with Crippen LogP contribution in [0.15, 0.2) is 76.4 Å². The number of sulfone groups is 1. The number of rotatable bonds is 6. The molecular formula is C23H22N4O3S. The lowest BCUT2D eigenvalue weighted by atomic mass is 10.1. The van der Waals surface area contributed by atoms with Gasteiger partial charge < -0.3 is 10.3 Å². The quantitative estimate of drug-likeness (QED) is 0.486. The zero-order valence-corrected chi connectivity index (χ0v) is 18.0. The van der Waals surface area contributed by atoms with Gasteiger partial charge in [0.1, 0.15) is 11.4 Å². The van der Waals surface area contributed by atoms with Crippen LogP contribution in [0.1, 0.15) is 19.4 Å². The van der Waals surface area contributed by atoms with Crippen molar-refractivity contribution in [3.05, 3.63) is 72.6 Å². The molecule has 0 unspecified atom stereocenters. The molecule has 0 radical (unpaired) electrons. The molecule has 0 fully saturated rings. The van der Waals surface area contributed by atoms with E-state index in [9.17, 15) is 8.42 Å². The first-order valence-electron chi connectivity index (χ1n) is 9.81. The highest BCUT2D eigenvalue weighted by atomic mass is 32.2. The van der Waals surface area contributed by atoms with Gasteiger partial charge in [0, 0.05) is 23.7 Å². The third-order valence-electron chi connectivity index (χ3n) is 4.98. The van der Waals surface area contributed by atoms with E-state index in [0.29, 0.717) is 29.4 Å². The molecule has 7 nitrogen and oxygen atoms in total. The predicted molar refractivity (Wildman–Crippen MR) is 119 cm³/mol. The lowest BCUT2D eigenvalue weighted by molar-refractivity contribution is 0.433. The Hall–Kier alpha value is -3.36. The molecule has 0 aliphatic carbocycles. The van der Waals surface area contributed by atoms with Crippen LogP contribution in [0.5, 0.6) is 0 Å². The van der Waals surface area contributed by atoms with E-state index in [1.165, 1.54) is 0 Å². The molecule has 0 aliphatic heterocycles. The summed E-state index contributed by atoms with van der Waals surface area (Å²) in [6.07, 6.45) is 3.22. The molecule has 0 saturated heterocycles. The van der Waals surface area contributed by atoms with E-state index < -0.39 is 15.1 Å². The Bertz CT molecular complexity index is 1300. The SMILES string of the molecule is CC(C)S(=O)(=O)c1ccc(-c2cncc(-c3cc(-c4ccc(CN)cc4)no3)n2)cc1. The predicted octanol–water partition coefficient (Wildman–Crippen LogP) is 4.11. The van der Waals surface area contributed by atoms with Gasteiger partial charge in [0.05, 0.1) is 28.2 Å². The Labute approximate surface area is 180 Å². The highest BCUT2D eigenvalue weighted by molar-refractivity contribution is 7.92. The monoisotopic (exact) mass is 434 g/mol. The fourth-order valence-electron chi connectivity index (χ4n) is 3.05. The summed E-state index contributed by atoms with van der Waals surface area (Å²) in [5, 5.41) is 3.66. The Morgan fingerprint density at radius 2 is 1.52 bits per heavy atom. The molecule has 4 aromatic rings. The number of benzene rings is 2. The maximum atomic E-state index is 12.3. The average Bonchev–Trinajstić information content (AvgIpc) is 3.29. The fourth-order valence-corrected chi connectivity index (χ4v) is 4.11. The Morgan fingerprint density at radius 1 is 0.903 bits per heavy atom. The van der Waals surface area contributed by atoms with Crippen LogP contribution in [0.3, 0.4) is 0 Å². The van der Waals surface area contributed by atoms with E-state index in [0.717, 1.165) is 16.7 Å². The van der Waals surface area contributed by atoms with Gasteiger partial charge in [-0.25, -0.2) is 13.4 Å². The first kappa shape index (κ1) is 20.9. The molecule has 2 aromatic heterocycles. The van der Waals surface area contributed by atoms with Gasteiger partial charge in [-0.1, -0.05) is 41.6 Å². The molecule has 2 N–H and O–H groups in total. The van der Waals surface area contributed by atoms with E-state index in [1.54, 1.807) is 50.5 Å². The van der Waals surface area contributed by atoms with Gasteiger partial charge in [-0.3, -0.25) is 4.98 Å². The summed E-state index contributed by atoms with van der Waals surface area (Å²) >= 11 is 0. The summed E-state index contributed by atoms with van der Waals surface area (Å²) in [6, 6.07) is 16.2. The van der Waals surface area contributed by atoms with Crippen LogP contribution in [0.25, 0.3) is 34.0 Å². The highest BCUT2D eigenvalue weighted by Gasteiger charge is 2.19. The summed E-state index contributed by atoms with van der Waals surface area (Å²) in [4.78, 5) is 9.16. The lowest BCUT2D eigenvalue weighted by Crippen LogP contribution is -2.13. The van der Waals surface area contributed by atoms with Gasteiger partial charge in [-0.05, 0) is 31.5 Å². The van der Waals surface area contributed by atoms with Crippen LogP contribution in [0.2, 0.25) is 0 Å². The van der Waals surface area contributed by atoms with E-state index >= 15 is 0 Å². The van der Waals surface area contributed by atoms with Crippen molar-refractivity contribution in [3.63, 3.8) is 0 Å². The second kappa shape index (κ2) is 8.41. The summed E-state index contributed by atoms with van der Waals surface area (Å²) in [5.74, 6) is 0.492. The maximum absolute atomic E-state index is 12.3.